The van der Waals surface area contributed by atoms with Crippen molar-refractivity contribution in [3.8, 4) is 0 Å². The number of rotatable bonds is 10. The molecular formula is C85H173N9O26S4. The van der Waals surface area contributed by atoms with E-state index in [1.54, 1.807) is 134 Å². The monoisotopic (exact) mass is 1860 g/mol. The number of aromatic nitrogens is 3. The summed E-state index contributed by atoms with van der Waals surface area (Å²) in [6.07, 6.45) is 15.9. The van der Waals surface area contributed by atoms with Gasteiger partial charge in [0, 0.05) is 18.8 Å². The molecule has 0 spiro atoms. The Hall–Kier alpha value is -8.38. The van der Waals surface area contributed by atoms with Gasteiger partial charge in [-0.25, -0.2) is 46.0 Å². The molecule has 738 valence electrons. The Labute approximate surface area is 754 Å². The number of hydroxylamine groups is 2. The van der Waals surface area contributed by atoms with Gasteiger partial charge in [-0.05, 0) is 193 Å². The van der Waals surface area contributed by atoms with Gasteiger partial charge in [0.2, 0.25) is 20.0 Å². The molecular weight excluding hydrogens is 1690 g/mol. The number of nitrogens with zero attached hydrogens (tertiary/aromatic N) is 7. The summed E-state index contributed by atoms with van der Waals surface area (Å²) in [7, 11) is -0.806. The van der Waals surface area contributed by atoms with Gasteiger partial charge >= 0.3 is 12.1 Å². The molecule has 1 aliphatic rings. The second kappa shape index (κ2) is 113. The van der Waals surface area contributed by atoms with Crippen molar-refractivity contribution in [3.63, 3.8) is 0 Å². The summed E-state index contributed by atoms with van der Waals surface area (Å²) < 4.78 is 82.5. The lowest BCUT2D eigenvalue weighted by Crippen LogP contribution is -2.26. The molecule has 124 heavy (non-hydrogen) atoms. The number of amides is 2. The molecule has 1 saturated heterocycles. The fraction of sp³-hybridized carbons (Fsp3) is 0.647. The van der Waals surface area contributed by atoms with E-state index in [2.05, 4.69) is 147 Å². The molecule has 12 N–H and O–H groups in total. The molecule has 0 bridgehead atoms. The molecule has 4 aromatic rings. The van der Waals surface area contributed by atoms with E-state index in [9.17, 15) is 54.0 Å². The van der Waals surface area contributed by atoms with Crippen LogP contribution in [0.5, 0.6) is 0 Å². The summed E-state index contributed by atoms with van der Waals surface area (Å²) in [5.41, 5.74) is 2.83. The van der Waals surface area contributed by atoms with Crippen LogP contribution in [0.3, 0.4) is 0 Å². The van der Waals surface area contributed by atoms with Gasteiger partial charge in [0.1, 0.15) is 41.9 Å². The number of furan rings is 1. The number of oxime groups is 2. The predicted octanol–water partition coefficient (Wildman–Crippen LogP) is 18.4. The maximum absolute atomic E-state index is 10.8. The highest BCUT2D eigenvalue weighted by Crippen LogP contribution is 2.23. The van der Waals surface area contributed by atoms with E-state index in [4.69, 9.17) is 60.0 Å². The number of unbranched alkanes of at least 4 members (excludes halogenated alkanes) is 3. The van der Waals surface area contributed by atoms with Crippen molar-refractivity contribution >= 4 is 106 Å². The molecule has 2 aromatic carbocycles. The number of fused-ring (bicyclic) bond motifs is 1. The molecule has 1 aliphatic heterocycles. The zero-order chi connectivity index (χ0) is 103. The Kier molecular flexibility index (Phi) is 145. The number of Topliss-reactive ketones (excluding diaryl/α,β-unsaturated/α-hetero) is 2. The van der Waals surface area contributed by atoms with Crippen molar-refractivity contribution in [3.05, 3.63) is 114 Å². The SMILES string of the molecule is CC.CC.CC.CC(=O)C(C)C(C)=O.CC(=O)O.CC(C)(C)O.CC(C)=C(C)O.CC(C)=C(C)O.CC(C)=NO.CC(C)=NO.CC(O)c1ccco1.CC1C(=O)N(O)C(=O)C1C.CCCC.CCCC.CCCC.CN(C)CC(=O)O.CNS(C)(=O)=O.CNS(C)(=O)=O.COC(=O)OC.CS.CS(=O)(=O)O.Cc1ncncn1.c1ccc2ccccc2c1. The average molecular weight is 1870 g/mol. The number of aliphatic hydroxyl groups excluding tert-OH is 3. The number of hydrogen-bond donors (Lipinski definition) is 13. The van der Waals surface area contributed by atoms with Crippen LogP contribution in [0.25, 0.3) is 10.8 Å². The van der Waals surface area contributed by atoms with E-state index < -0.39 is 77.7 Å². The Bertz CT molecular complexity index is 3290. The molecule has 3 unspecified atom stereocenters. The normalized spacial score (nSPS) is 10.9. The number of sulfonamides is 2. The van der Waals surface area contributed by atoms with Crippen molar-refractivity contribution in [2.24, 2.45) is 28.1 Å². The number of carboxylic acids is 2. The number of ketones is 2. The smallest absolute Gasteiger partial charge is 0.507 e. The predicted molar refractivity (Wildman–Crippen MR) is 512 cm³/mol. The van der Waals surface area contributed by atoms with Gasteiger partial charge < -0.3 is 54.9 Å². The van der Waals surface area contributed by atoms with Crippen LogP contribution < -0.4 is 9.44 Å². The van der Waals surface area contributed by atoms with Crippen LogP contribution in [-0.2, 0) is 68.4 Å². The van der Waals surface area contributed by atoms with Crippen molar-refractivity contribution in [2.75, 3.05) is 74.0 Å². The standard InChI is InChI=1S/C10H8.C6H9NO3.C6H8O2.C6H10O2.2C5H10O.C4H5N3.C4H9NO2.C4H10O.3C4H10.2C3H7NO.C3H6O3.2C2H7NO2S.C2H4O2.3C2H6.CH4O3S.CH4S/c1-2-6-10-8-4-3-7-9(10)5-1;1-3-4(2)6(9)7(10)5(3)8;1-5(7)6-3-2-4-8-6;1-4(5(2)7)6(3)8;2*1-4(2)5(3)6;1-4-6-2-5-3-7-4;1-5(2)3-4(6)7;1-4(2,3)5;3*1-3-4-2;2*1-3(2)4-5;1-5-3(4)6-2;2*1-3-6(2,4)5;1-2(3)4;3*1-2;1-5(2,3)4;1-2/h1-8H;3-4,10H,1-2H3;2-5,7H,1H3;4H,1-3H3;2*6H,1-3H3;2-3H,1H3;3H2,1-2H3,(H,6,7);5H,1-3H3;3*3-4H2,1-2H3;2*5H,1-2H3;1-2H3;2*3H,1-2H3;1H3,(H,3,4);3*1-2H3;1H3,(H,2,3,4);2H,1H3. The van der Waals surface area contributed by atoms with E-state index in [-0.39, 0.29) is 35.0 Å². The Morgan fingerprint density at radius 1 is 0.573 bits per heavy atom. The number of allylic oxidation sites excluding steroid dienone is 4. The first-order valence-electron chi connectivity index (χ1n) is 39.5. The molecule has 3 heterocycles. The topological polar surface area (TPSA) is 550 Å². The number of carboxylic acid groups (broad SMARTS) is 2. The van der Waals surface area contributed by atoms with Gasteiger partial charge in [0.15, 0.2) is 0 Å². The summed E-state index contributed by atoms with van der Waals surface area (Å²) >= 11 is 3.53. The van der Waals surface area contributed by atoms with E-state index in [0.29, 0.717) is 35.0 Å². The summed E-state index contributed by atoms with van der Waals surface area (Å²) in [5.74, 6) is -1.68. The third-order valence-electron chi connectivity index (χ3n) is 11.3. The average Bonchev–Trinajstić information content (AvgIpc) is 1.68. The lowest BCUT2D eigenvalue weighted by molar-refractivity contribution is -0.172. The molecule has 0 aliphatic carbocycles. The number of carbonyl (C=O) groups excluding carboxylic acids is 5. The first-order valence-corrected chi connectivity index (χ1v) is 46.0. The van der Waals surface area contributed by atoms with Crippen molar-refractivity contribution < 1.29 is 124 Å². The first kappa shape index (κ1) is 159. The quantitative estimate of drug-likeness (QED) is 0.00670. The molecule has 1 fully saturated rings. The zero-order valence-corrected chi connectivity index (χ0v) is 86.9. The van der Waals surface area contributed by atoms with Crippen LogP contribution in [0, 0.1) is 24.7 Å². The van der Waals surface area contributed by atoms with Crippen LogP contribution >= 0.6 is 12.6 Å². The summed E-state index contributed by atoms with van der Waals surface area (Å²) in [6, 6.07) is 20.2. The third-order valence-corrected chi connectivity index (χ3v) is 12.8. The highest BCUT2D eigenvalue weighted by atomic mass is 32.2. The number of hydrogen-bond acceptors (Lipinski definition) is 30. The molecule has 39 heteroatoms. The summed E-state index contributed by atoms with van der Waals surface area (Å²) in [6.45, 7) is 60.4. The van der Waals surface area contributed by atoms with Crippen LogP contribution in [0.4, 0.5) is 4.79 Å². The number of aliphatic carboxylic acids is 2. The van der Waals surface area contributed by atoms with Crippen LogP contribution in [0.1, 0.15) is 278 Å². The van der Waals surface area contributed by atoms with E-state index in [0.717, 1.165) is 36.4 Å². The largest absolute Gasteiger partial charge is 0.513 e. The van der Waals surface area contributed by atoms with Gasteiger partial charge in [-0.2, -0.15) is 26.1 Å². The fourth-order valence-electron chi connectivity index (χ4n) is 3.52. The Morgan fingerprint density at radius 3 is 0.855 bits per heavy atom. The summed E-state index contributed by atoms with van der Waals surface area (Å²) in [5, 5.41) is 82.5. The molecule has 3 atom stereocenters. The number of thiol groups is 1. The number of aliphatic hydroxyl groups is 4. The fourth-order valence-corrected chi connectivity index (χ4v) is 3.52. The Morgan fingerprint density at radius 2 is 0.790 bits per heavy atom. The second-order valence-corrected chi connectivity index (χ2v) is 31.0. The number of ether oxygens (including phenoxy) is 2. The zero-order valence-electron chi connectivity index (χ0n) is 83.6. The van der Waals surface area contributed by atoms with Crippen LogP contribution in [0.15, 0.2) is 117 Å². The molecule has 2 amide bonds. The van der Waals surface area contributed by atoms with Crippen molar-refractivity contribution in [2.45, 2.75) is 279 Å². The van der Waals surface area contributed by atoms with Gasteiger partial charge in [-0.3, -0.25) is 43.4 Å². The molecule has 2 aromatic heterocycles. The maximum Gasteiger partial charge on any atom is 0.507 e. The van der Waals surface area contributed by atoms with E-state index >= 15 is 0 Å². The number of likely N-dealkylation sites (N-methyl/N-ethyl adjacent to an activating group) is 1. The number of imide groups is 1. The number of nitrogens with one attached hydrogen (secondary N) is 2. The number of aryl methyl sites for hydroxylation is 1. The number of methoxy groups -OCH3 is 2. The molecule has 35 nitrogen and oxygen atoms in total. The van der Waals surface area contributed by atoms with Gasteiger partial charge in [0.05, 0.1) is 80.3 Å². The molecule has 0 saturated carbocycles. The molecule has 0 radical (unpaired) electrons. The van der Waals surface area contributed by atoms with Crippen molar-refractivity contribution in [1.82, 2.24) is 34.4 Å². The van der Waals surface area contributed by atoms with Crippen molar-refractivity contribution in [1.29, 1.82) is 0 Å². The van der Waals surface area contributed by atoms with E-state index in [1.165, 1.54) is 104 Å². The van der Waals surface area contributed by atoms with Gasteiger partial charge in [-0.15, -0.1) is 0 Å². The van der Waals surface area contributed by atoms with Crippen LogP contribution in [-0.4, -0.2) is 233 Å². The minimum Gasteiger partial charge on any atom is -0.513 e. The lowest BCUT2D eigenvalue weighted by atomic mass is 10.00. The minimum absolute atomic E-state index is 0.0579. The minimum atomic E-state index is -3.67. The highest BCUT2D eigenvalue weighted by molar-refractivity contribution is 7.89. The maximum atomic E-state index is 10.8. The third kappa shape index (κ3) is 197. The second-order valence-electron chi connectivity index (χ2n) is 25.7. The Balaban J connectivity index is -0.0000000599. The van der Waals surface area contributed by atoms with E-state index in [1.807, 2.05) is 76.2 Å². The van der Waals surface area contributed by atoms with Gasteiger partial charge in [0.25, 0.3) is 27.9 Å². The lowest BCUT2D eigenvalue weighted by Gasteiger charge is -2.04. The highest BCUT2D eigenvalue weighted by Gasteiger charge is 2.41. The number of benzene rings is 2. The van der Waals surface area contributed by atoms with Crippen LogP contribution in [0.2, 0.25) is 0 Å². The first-order chi connectivity index (χ1) is 56.6. The number of carbonyl (C=O) groups is 7. The molecule has 5 rings (SSSR count). The summed E-state index contributed by atoms with van der Waals surface area (Å²) in [4.78, 5) is 83.5. The van der Waals surface area contributed by atoms with Gasteiger partial charge in [-0.1, -0.05) is 194 Å².